The lowest BCUT2D eigenvalue weighted by Crippen LogP contribution is -2.36. The van der Waals surface area contributed by atoms with Crippen LogP contribution >= 0.6 is 0 Å². The molecule has 0 aromatic carbocycles. The molecule has 0 radical (unpaired) electrons. The highest BCUT2D eigenvalue weighted by Gasteiger charge is 2.26. The zero-order valence-corrected chi connectivity index (χ0v) is 16.0. The van der Waals surface area contributed by atoms with E-state index in [0.29, 0.717) is 11.8 Å². The predicted octanol–water partition coefficient (Wildman–Crippen LogP) is 2.57. The summed E-state index contributed by atoms with van der Waals surface area (Å²) in [4.78, 5) is 24.2. The summed E-state index contributed by atoms with van der Waals surface area (Å²) in [6, 6.07) is 1.76. The fourth-order valence-electron chi connectivity index (χ4n) is 4.56. The van der Waals surface area contributed by atoms with E-state index in [1.54, 1.807) is 12.4 Å². The quantitative estimate of drug-likeness (QED) is 0.815. The lowest BCUT2D eigenvalue weighted by atomic mass is 9.96. The Labute approximate surface area is 160 Å². The van der Waals surface area contributed by atoms with Gasteiger partial charge in [-0.15, -0.1) is 0 Å². The van der Waals surface area contributed by atoms with E-state index in [4.69, 9.17) is 4.98 Å². The van der Waals surface area contributed by atoms with Gasteiger partial charge in [-0.2, -0.15) is 0 Å². The molecular weight excluding hydrogens is 338 g/mol. The van der Waals surface area contributed by atoms with Crippen LogP contribution in [-0.4, -0.2) is 37.1 Å². The third-order valence-electron chi connectivity index (χ3n) is 6.40. The number of piperidine rings is 1. The molecule has 0 amide bonds. The second-order valence-corrected chi connectivity index (χ2v) is 8.60. The van der Waals surface area contributed by atoms with Crippen molar-refractivity contribution in [3.63, 3.8) is 0 Å². The van der Waals surface area contributed by atoms with Gasteiger partial charge in [0, 0.05) is 44.2 Å². The molecule has 0 unspecified atom stereocenters. The SMILES string of the molecule is O=c1cc(C2CC2)ncn1CC1CCN(Cc2cn3c(n2)CCCC3)CC1. The number of hydrogen-bond donors (Lipinski definition) is 0. The highest BCUT2D eigenvalue weighted by Crippen LogP contribution is 2.38. The molecule has 1 aliphatic carbocycles. The summed E-state index contributed by atoms with van der Waals surface area (Å²) in [5.74, 6) is 2.39. The third-order valence-corrected chi connectivity index (χ3v) is 6.40. The van der Waals surface area contributed by atoms with Gasteiger partial charge in [-0.1, -0.05) is 0 Å². The minimum absolute atomic E-state index is 0.123. The number of rotatable bonds is 5. The van der Waals surface area contributed by atoms with Gasteiger partial charge in [0.15, 0.2) is 0 Å². The van der Waals surface area contributed by atoms with E-state index in [2.05, 4.69) is 20.6 Å². The molecule has 6 nitrogen and oxygen atoms in total. The lowest BCUT2D eigenvalue weighted by Gasteiger charge is -2.31. The van der Waals surface area contributed by atoms with Crippen LogP contribution in [0.4, 0.5) is 0 Å². The van der Waals surface area contributed by atoms with E-state index in [0.717, 1.165) is 57.7 Å². The van der Waals surface area contributed by atoms with Crippen LogP contribution in [0, 0.1) is 5.92 Å². The second-order valence-electron chi connectivity index (χ2n) is 8.60. The molecule has 2 aromatic heterocycles. The van der Waals surface area contributed by atoms with E-state index in [1.807, 2.05) is 4.57 Å². The minimum Gasteiger partial charge on any atom is -0.335 e. The molecule has 0 atom stereocenters. The molecule has 1 saturated carbocycles. The summed E-state index contributed by atoms with van der Waals surface area (Å²) in [7, 11) is 0. The molecule has 3 aliphatic rings. The molecular formula is C21H29N5O. The van der Waals surface area contributed by atoms with E-state index in [1.165, 1.54) is 37.2 Å². The van der Waals surface area contributed by atoms with Crippen molar-refractivity contribution in [2.45, 2.75) is 70.5 Å². The highest BCUT2D eigenvalue weighted by atomic mass is 16.1. The van der Waals surface area contributed by atoms with Crippen LogP contribution in [0.2, 0.25) is 0 Å². The van der Waals surface area contributed by atoms with Crippen molar-refractivity contribution < 1.29 is 0 Å². The Morgan fingerprint density at radius 2 is 1.93 bits per heavy atom. The van der Waals surface area contributed by atoms with Crippen molar-refractivity contribution in [3.8, 4) is 0 Å². The maximum Gasteiger partial charge on any atom is 0.253 e. The molecule has 144 valence electrons. The van der Waals surface area contributed by atoms with Gasteiger partial charge in [-0.05, 0) is 57.5 Å². The van der Waals surface area contributed by atoms with Gasteiger partial charge in [0.2, 0.25) is 0 Å². The summed E-state index contributed by atoms with van der Waals surface area (Å²) in [5.41, 5.74) is 2.34. The van der Waals surface area contributed by atoms with Crippen molar-refractivity contribution in [1.29, 1.82) is 0 Å². The smallest absolute Gasteiger partial charge is 0.253 e. The summed E-state index contributed by atoms with van der Waals surface area (Å²) in [6.07, 6.45) is 12.4. The average molecular weight is 367 g/mol. The molecule has 0 spiro atoms. The molecule has 2 aromatic rings. The molecule has 2 aliphatic heterocycles. The van der Waals surface area contributed by atoms with Crippen LogP contribution in [0.15, 0.2) is 23.4 Å². The number of hydrogen-bond acceptors (Lipinski definition) is 4. The van der Waals surface area contributed by atoms with Gasteiger partial charge < -0.3 is 4.57 Å². The summed E-state index contributed by atoms with van der Waals surface area (Å²) < 4.78 is 4.16. The molecule has 0 bridgehead atoms. The molecule has 1 saturated heterocycles. The Bertz CT molecular complexity index is 834. The summed E-state index contributed by atoms with van der Waals surface area (Å²) in [5, 5.41) is 0. The van der Waals surface area contributed by atoms with Gasteiger partial charge in [-0.25, -0.2) is 9.97 Å². The van der Waals surface area contributed by atoms with Gasteiger partial charge in [0.05, 0.1) is 17.7 Å². The van der Waals surface area contributed by atoms with Gasteiger partial charge in [0.1, 0.15) is 5.82 Å². The van der Waals surface area contributed by atoms with Crippen LogP contribution in [0.25, 0.3) is 0 Å². The van der Waals surface area contributed by atoms with E-state index in [-0.39, 0.29) is 5.56 Å². The number of imidazole rings is 1. The summed E-state index contributed by atoms with van der Waals surface area (Å²) >= 11 is 0. The van der Waals surface area contributed by atoms with Crippen molar-refractivity contribution in [2.24, 2.45) is 5.92 Å². The van der Waals surface area contributed by atoms with Gasteiger partial charge >= 0.3 is 0 Å². The number of fused-ring (bicyclic) bond motifs is 1. The first-order valence-electron chi connectivity index (χ1n) is 10.6. The molecule has 2 fully saturated rings. The first kappa shape index (κ1) is 17.2. The normalized spacial score (nSPS) is 21.3. The first-order valence-corrected chi connectivity index (χ1v) is 10.6. The van der Waals surface area contributed by atoms with Crippen molar-refractivity contribution >= 4 is 0 Å². The number of aromatic nitrogens is 4. The van der Waals surface area contributed by atoms with Gasteiger partial charge in [0.25, 0.3) is 5.56 Å². The maximum atomic E-state index is 12.3. The zero-order valence-electron chi connectivity index (χ0n) is 16.0. The standard InChI is InChI=1S/C21H29N5O/c27-21-11-19(17-4-5-17)22-15-26(21)12-16-6-9-24(10-7-16)13-18-14-25-8-2-1-3-20(25)23-18/h11,14-17H,1-10,12-13H2. The largest absolute Gasteiger partial charge is 0.335 e. The monoisotopic (exact) mass is 367 g/mol. The van der Waals surface area contributed by atoms with Crippen LogP contribution < -0.4 is 5.56 Å². The fourth-order valence-corrected chi connectivity index (χ4v) is 4.56. The Hall–Kier alpha value is -1.95. The Morgan fingerprint density at radius 1 is 1.07 bits per heavy atom. The molecule has 0 N–H and O–H groups in total. The Balaban J connectivity index is 1.15. The highest BCUT2D eigenvalue weighted by molar-refractivity contribution is 5.12. The molecule has 5 rings (SSSR count). The lowest BCUT2D eigenvalue weighted by molar-refractivity contribution is 0.165. The number of aryl methyl sites for hydroxylation is 2. The summed E-state index contributed by atoms with van der Waals surface area (Å²) in [6.45, 7) is 5.09. The topological polar surface area (TPSA) is 56.0 Å². The fraction of sp³-hybridized carbons (Fsp3) is 0.667. The van der Waals surface area contributed by atoms with Crippen molar-refractivity contribution in [3.05, 3.63) is 46.2 Å². The maximum absolute atomic E-state index is 12.3. The second kappa shape index (κ2) is 7.23. The third kappa shape index (κ3) is 3.86. The van der Waals surface area contributed by atoms with Crippen molar-refractivity contribution in [2.75, 3.05) is 13.1 Å². The Kier molecular flexibility index (Phi) is 4.60. The molecule has 4 heterocycles. The van der Waals surface area contributed by atoms with E-state index in [9.17, 15) is 4.79 Å². The van der Waals surface area contributed by atoms with Crippen LogP contribution in [0.3, 0.4) is 0 Å². The average Bonchev–Trinajstić information content (AvgIpc) is 3.45. The van der Waals surface area contributed by atoms with Crippen LogP contribution in [0.5, 0.6) is 0 Å². The van der Waals surface area contributed by atoms with Crippen LogP contribution in [-0.2, 0) is 26.1 Å². The molecule has 27 heavy (non-hydrogen) atoms. The van der Waals surface area contributed by atoms with Crippen LogP contribution in [0.1, 0.15) is 61.7 Å². The van der Waals surface area contributed by atoms with Gasteiger partial charge in [-0.3, -0.25) is 14.3 Å². The zero-order chi connectivity index (χ0) is 18.2. The molecule has 6 heteroatoms. The number of nitrogens with zero attached hydrogens (tertiary/aromatic N) is 5. The van der Waals surface area contributed by atoms with E-state index < -0.39 is 0 Å². The Morgan fingerprint density at radius 3 is 2.67 bits per heavy atom. The number of likely N-dealkylation sites (tertiary alicyclic amines) is 1. The first-order chi connectivity index (χ1) is 13.2. The van der Waals surface area contributed by atoms with Crippen molar-refractivity contribution in [1.82, 2.24) is 24.0 Å². The minimum atomic E-state index is 0.123. The van der Waals surface area contributed by atoms with E-state index >= 15 is 0 Å². The predicted molar refractivity (Wildman–Crippen MR) is 104 cm³/mol.